The fourth-order valence-electron chi connectivity index (χ4n) is 2.14. The highest BCUT2D eigenvalue weighted by atomic mass is 16.8. The zero-order chi connectivity index (χ0) is 9.71. The van der Waals surface area contributed by atoms with E-state index < -0.39 is 0 Å². The molecule has 0 aromatic carbocycles. The second-order valence-corrected chi connectivity index (χ2v) is 3.85. The molecule has 5 heteroatoms. The molecule has 80 valence electrons. The Morgan fingerprint density at radius 3 is 2.71 bits per heavy atom. The molecule has 0 spiro atoms. The predicted molar refractivity (Wildman–Crippen MR) is 44.6 cm³/mol. The van der Waals surface area contributed by atoms with E-state index in [2.05, 4.69) is 0 Å². The Hall–Kier alpha value is -0.200. The van der Waals surface area contributed by atoms with Crippen molar-refractivity contribution in [3.8, 4) is 0 Å². The lowest BCUT2D eigenvalue weighted by Gasteiger charge is -2.38. The average Bonchev–Trinajstić information content (AvgIpc) is 2.96. The van der Waals surface area contributed by atoms with Crippen LogP contribution in [0.15, 0.2) is 0 Å². The number of ether oxygens (including phenoxy) is 5. The Bertz CT molecular complexity index is 233. The predicted octanol–water partition coefficient (Wildman–Crippen LogP) is -0.114. The maximum atomic E-state index is 5.64. The molecule has 3 aliphatic rings. The molecule has 3 rings (SSSR count). The highest BCUT2D eigenvalue weighted by Gasteiger charge is 2.60. The zero-order valence-corrected chi connectivity index (χ0v) is 8.21. The Morgan fingerprint density at radius 1 is 1.07 bits per heavy atom. The van der Waals surface area contributed by atoms with Crippen LogP contribution >= 0.6 is 0 Å². The minimum atomic E-state index is -0.262. The van der Waals surface area contributed by atoms with E-state index in [1.807, 2.05) is 6.92 Å². The molecule has 3 saturated heterocycles. The summed E-state index contributed by atoms with van der Waals surface area (Å²) in [6.07, 6.45) is -0.294. The largest absolute Gasteiger partial charge is 0.361 e. The molecule has 0 N–H and O–H groups in total. The van der Waals surface area contributed by atoms with Gasteiger partial charge in [-0.05, 0) is 6.92 Å². The van der Waals surface area contributed by atoms with Gasteiger partial charge in [-0.1, -0.05) is 0 Å². The summed E-state index contributed by atoms with van der Waals surface area (Å²) in [6.45, 7) is 2.44. The van der Waals surface area contributed by atoms with Gasteiger partial charge in [-0.2, -0.15) is 0 Å². The monoisotopic (exact) mass is 202 g/mol. The summed E-state index contributed by atoms with van der Waals surface area (Å²) in [4.78, 5) is 0. The summed E-state index contributed by atoms with van der Waals surface area (Å²) in [7, 11) is 1.62. The molecule has 0 aromatic rings. The third-order valence-corrected chi connectivity index (χ3v) is 2.91. The summed E-state index contributed by atoms with van der Waals surface area (Å²) in [5, 5.41) is 0. The van der Waals surface area contributed by atoms with Crippen LogP contribution in [0.1, 0.15) is 6.92 Å². The maximum Gasteiger partial charge on any atom is 0.186 e. The van der Waals surface area contributed by atoms with Gasteiger partial charge in [-0.25, -0.2) is 0 Å². The van der Waals surface area contributed by atoms with Gasteiger partial charge in [0.25, 0.3) is 0 Å². The number of hydrogen-bond donors (Lipinski definition) is 0. The molecule has 0 bridgehead atoms. The molecule has 3 aliphatic heterocycles. The van der Waals surface area contributed by atoms with E-state index in [9.17, 15) is 0 Å². The average molecular weight is 202 g/mol. The highest BCUT2D eigenvalue weighted by molar-refractivity contribution is 5.02. The maximum absolute atomic E-state index is 5.64. The van der Waals surface area contributed by atoms with Gasteiger partial charge in [0.2, 0.25) is 0 Å². The molecule has 0 unspecified atom stereocenters. The van der Waals surface area contributed by atoms with E-state index in [4.69, 9.17) is 23.7 Å². The van der Waals surface area contributed by atoms with Crippen molar-refractivity contribution < 1.29 is 23.7 Å². The van der Waals surface area contributed by atoms with Gasteiger partial charge in [-0.15, -0.1) is 0 Å². The van der Waals surface area contributed by atoms with E-state index in [0.717, 1.165) is 0 Å². The quantitative estimate of drug-likeness (QED) is 0.555. The number of hydrogen-bond acceptors (Lipinski definition) is 5. The van der Waals surface area contributed by atoms with Crippen LogP contribution in [-0.2, 0) is 23.7 Å². The van der Waals surface area contributed by atoms with Crippen molar-refractivity contribution in [1.82, 2.24) is 0 Å². The molecule has 0 saturated carbocycles. The molecule has 6 atom stereocenters. The van der Waals surface area contributed by atoms with Crippen molar-refractivity contribution in [2.24, 2.45) is 0 Å². The first-order valence-electron chi connectivity index (χ1n) is 4.90. The van der Waals surface area contributed by atoms with Crippen LogP contribution in [0.2, 0.25) is 0 Å². The second-order valence-electron chi connectivity index (χ2n) is 3.85. The molecule has 0 aliphatic carbocycles. The summed E-state index contributed by atoms with van der Waals surface area (Å²) < 4.78 is 27.2. The van der Waals surface area contributed by atoms with Crippen LogP contribution in [-0.4, -0.2) is 50.7 Å². The third-order valence-electron chi connectivity index (χ3n) is 2.91. The van der Waals surface area contributed by atoms with Gasteiger partial charge in [0.05, 0.1) is 6.61 Å². The van der Waals surface area contributed by atoms with Crippen molar-refractivity contribution in [3.05, 3.63) is 0 Å². The third kappa shape index (κ3) is 1.28. The molecule has 3 fully saturated rings. The molecule has 0 aromatic heterocycles. The van der Waals surface area contributed by atoms with Gasteiger partial charge < -0.3 is 23.7 Å². The van der Waals surface area contributed by atoms with Crippen molar-refractivity contribution in [1.29, 1.82) is 0 Å². The second kappa shape index (κ2) is 3.15. The lowest BCUT2D eigenvalue weighted by molar-refractivity contribution is -0.295. The minimum absolute atomic E-state index is 0.00940. The van der Waals surface area contributed by atoms with Gasteiger partial charge >= 0.3 is 0 Å². The van der Waals surface area contributed by atoms with Crippen molar-refractivity contribution in [2.45, 2.75) is 43.9 Å². The molecule has 5 nitrogen and oxygen atoms in total. The molecule has 0 amide bonds. The Balaban J connectivity index is 1.72. The number of fused-ring (bicyclic) bond motifs is 3. The van der Waals surface area contributed by atoms with Gasteiger partial charge in [0, 0.05) is 7.11 Å². The van der Waals surface area contributed by atoms with E-state index in [1.165, 1.54) is 0 Å². The van der Waals surface area contributed by atoms with Crippen LogP contribution in [0, 0.1) is 0 Å². The molecular formula is C9H14O5. The number of methoxy groups -OCH3 is 1. The van der Waals surface area contributed by atoms with Gasteiger partial charge in [-0.3, -0.25) is 0 Å². The van der Waals surface area contributed by atoms with Crippen LogP contribution in [0.5, 0.6) is 0 Å². The number of epoxide rings is 1. The minimum Gasteiger partial charge on any atom is -0.361 e. The molecular weight excluding hydrogens is 188 g/mol. The van der Waals surface area contributed by atoms with Crippen LogP contribution in [0.3, 0.4) is 0 Å². The lowest BCUT2D eigenvalue weighted by atomic mass is 10.0. The summed E-state index contributed by atoms with van der Waals surface area (Å²) in [6, 6.07) is 0. The van der Waals surface area contributed by atoms with Crippen LogP contribution in [0.4, 0.5) is 0 Å². The molecule has 14 heavy (non-hydrogen) atoms. The summed E-state index contributed by atoms with van der Waals surface area (Å²) in [5.74, 6) is 0. The summed E-state index contributed by atoms with van der Waals surface area (Å²) >= 11 is 0. The Kier molecular flexibility index (Phi) is 2.04. The van der Waals surface area contributed by atoms with E-state index in [0.29, 0.717) is 6.61 Å². The van der Waals surface area contributed by atoms with Crippen LogP contribution in [0.25, 0.3) is 0 Å². The fourth-order valence-corrected chi connectivity index (χ4v) is 2.14. The normalized spacial score (nSPS) is 56.1. The smallest absolute Gasteiger partial charge is 0.186 e. The first-order chi connectivity index (χ1) is 6.79. The SMILES string of the molecule is CO[C@@H]1O[C@@H]2CO[C@@H](C)O[C@H]2[C@H]2O[C@@H]12. The van der Waals surface area contributed by atoms with Crippen molar-refractivity contribution in [3.63, 3.8) is 0 Å². The number of rotatable bonds is 1. The topological polar surface area (TPSA) is 49.5 Å². The Labute approximate surface area is 82.2 Å². The van der Waals surface area contributed by atoms with E-state index in [-0.39, 0.29) is 37.0 Å². The van der Waals surface area contributed by atoms with E-state index in [1.54, 1.807) is 7.11 Å². The Morgan fingerprint density at radius 2 is 1.93 bits per heavy atom. The van der Waals surface area contributed by atoms with E-state index >= 15 is 0 Å². The van der Waals surface area contributed by atoms with Crippen molar-refractivity contribution in [2.75, 3.05) is 13.7 Å². The lowest BCUT2D eigenvalue weighted by Crippen LogP contribution is -2.53. The van der Waals surface area contributed by atoms with Crippen molar-refractivity contribution >= 4 is 0 Å². The first-order valence-corrected chi connectivity index (χ1v) is 4.90. The van der Waals surface area contributed by atoms with Crippen LogP contribution < -0.4 is 0 Å². The summed E-state index contributed by atoms with van der Waals surface area (Å²) in [5.41, 5.74) is 0. The highest BCUT2D eigenvalue weighted by Crippen LogP contribution is 2.41. The van der Waals surface area contributed by atoms with Gasteiger partial charge in [0.1, 0.15) is 24.4 Å². The van der Waals surface area contributed by atoms with Gasteiger partial charge in [0.15, 0.2) is 12.6 Å². The fraction of sp³-hybridized carbons (Fsp3) is 1.00. The molecule has 3 heterocycles. The molecule has 0 radical (unpaired) electrons. The first kappa shape index (κ1) is 9.06. The standard InChI is InChI=1S/C9H14O5/c1-4-11-3-5-6(12-4)7-8(14-7)9(10-2)13-5/h4-9H,3H2,1-2H3/t4-,5-,6-,7-,8-,9-/m1/s1. The zero-order valence-electron chi connectivity index (χ0n) is 8.21.